The second-order valence-electron chi connectivity index (χ2n) is 5.75. The fourth-order valence-corrected chi connectivity index (χ4v) is 3.30. The summed E-state index contributed by atoms with van der Waals surface area (Å²) in [6, 6.07) is 8.09. The molecule has 1 aromatic carbocycles. The molecule has 2 heterocycles. The Balaban J connectivity index is 1.53. The van der Waals surface area contributed by atoms with Crippen molar-refractivity contribution in [3.05, 3.63) is 45.9 Å². The fraction of sp³-hybridized carbons (Fsp3) is 0.412. The molecule has 3 rings (SSSR count). The van der Waals surface area contributed by atoms with E-state index in [2.05, 4.69) is 11.9 Å². The van der Waals surface area contributed by atoms with Crippen molar-refractivity contribution in [3.63, 3.8) is 0 Å². The van der Waals surface area contributed by atoms with E-state index in [1.165, 1.54) is 16.9 Å². The van der Waals surface area contributed by atoms with Crippen LogP contribution in [0.4, 0.5) is 0 Å². The summed E-state index contributed by atoms with van der Waals surface area (Å²) in [7, 11) is 0. The Morgan fingerprint density at radius 2 is 2.04 bits per heavy atom. The van der Waals surface area contributed by atoms with Crippen LogP contribution >= 0.6 is 11.3 Å². The molecule has 122 valence electrons. The molecule has 0 spiro atoms. The molecule has 2 N–H and O–H groups in total. The zero-order valence-electron chi connectivity index (χ0n) is 13.2. The molecule has 23 heavy (non-hydrogen) atoms. The van der Waals surface area contributed by atoms with Crippen LogP contribution < -0.4 is 10.5 Å². The smallest absolute Gasteiger partial charge is 0.273 e. The van der Waals surface area contributed by atoms with Gasteiger partial charge in [0.15, 0.2) is 0 Å². The number of hydrogen-bond donors (Lipinski definition) is 1. The first-order valence-electron chi connectivity index (χ1n) is 7.83. The third-order valence-corrected chi connectivity index (χ3v) is 4.87. The van der Waals surface area contributed by atoms with Gasteiger partial charge >= 0.3 is 0 Å². The highest BCUT2D eigenvalue weighted by Crippen LogP contribution is 2.21. The summed E-state index contributed by atoms with van der Waals surface area (Å²) in [5.74, 6) is 0.891. The van der Waals surface area contributed by atoms with Crippen LogP contribution in [0.1, 0.15) is 33.9 Å². The predicted octanol–water partition coefficient (Wildman–Crippen LogP) is 2.59. The molecule has 1 aliphatic heterocycles. The van der Waals surface area contributed by atoms with E-state index in [4.69, 9.17) is 10.5 Å². The Labute approximate surface area is 140 Å². The lowest BCUT2D eigenvalue weighted by atomic mass is 10.1. The van der Waals surface area contributed by atoms with Gasteiger partial charge in [-0.05, 0) is 19.1 Å². The number of aromatic nitrogens is 1. The number of aryl methyl sites for hydroxylation is 1. The van der Waals surface area contributed by atoms with Crippen molar-refractivity contribution < 1.29 is 9.53 Å². The van der Waals surface area contributed by atoms with Gasteiger partial charge in [0.1, 0.15) is 22.6 Å². The van der Waals surface area contributed by atoms with Gasteiger partial charge in [0, 0.05) is 37.9 Å². The maximum absolute atomic E-state index is 12.4. The van der Waals surface area contributed by atoms with E-state index >= 15 is 0 Å². The lowest BCUT2D eigenvalue weighted by Crippen LogP contribution is -2.41. The number of likely N-dealkylation sites (tertiary alicyclic amines) is 1. The summed E-state index contributed by atoms with van der Waals surface area (Å²) in [5.41, 5.74) is 7.28. The minimum Gasteiger partial charge on any atom is -0.490 e. The lowest BCUT2D eigenvalue weighted by Gasteiger charge is -2.31. The number of piperidine rings is 1. The molecule has 0 saturated carbocycles. The van der Waals surface area contributed by atoms with E-state index in [9.17, 15) is 4.79 Å². The maximum Gasteiger partial charge on any atom is 0.273 e. The van der Waals surface area contributed by atoms with E-state index in [0.717, 1.165) is 23.6 Å². The number of amides is 1. The average Bonchev–Trinajstić information content (AvgIpc) is 3.06. The molecule has 0 bridgehead atoms. The zero-order valence-corrected chi connectivity index (χ0v) is 14.0. The topological polar surface area (TPSA) is 68.5 Å². The van der Waals surface area contributed by atoms with Gasteiger partial charge in [-0.25, -0.2) is 4.98 Å². The highest BCUT2D eigenvalue weighted by Gasteiger charge is 2.25. The Morgan fingerprint density at radius 3 is 2.65 bits per heavy atom. The van der Waals surface area contributed by atoms with Gasteiger partial charge in [-0.15, -0.1) is 11.3 Å². The predicted molar refractivity (Wildman–Crippen MR) is 90.7 cm³/mol. The van der Waals surface area contributed by atoms with E-state index < -0.39 is 0 Å². The number of hydrogen-bond acceptors (Lipinski definition) is 5. The van der Waals surface area contributed by atoms with Crippen LogP contribution in [0.5, 0.6) is 5.75 Å². The standard InChI is InChI=1S/C17H21N3O2S/c1-12-2-4-13(5-3-12)22-14-6-8-20(9-7-14)17(21)15-11-23-16(10-18)19-15/h2-5,11,14H,6-10,18H2,1H3. The number of ether oxygens (including phenoxy) is 1. The van der Waals surface area contributed by atoms with Gasteiger partial charge < -0.3 is 15.4 Å². The summed E-state index contributed by atoms with van der Waals surface area (Å²) in [4.78, 5) is 18.5. The first-order chi connectivity index (χ1) is 11.2. The molecule has 0 unspecified atom stereocenters. The molecular formula is C17H21N3O2S. The molecule has 6 heteroatoms. The van der Waals surface area contributed by atoms with Gasteiger partial charge in [-0.1, -0.05) is 17.7 Å². The minimum atomic E-state index is -0.00487. The summed E-state index contributed by atoms with van der Waals surface area (Å²) in [6.45, 7) is 3.84. The van der Waals surface area contributed by atoms with Crippen LogP contribution in [0.15, 0.2) is 29.6 Å². The molecule has 2 aromatic rings. The third kappa shape index (κ3) is 3.89. The Bertz CT molecular complexity index is 661. The van der Waals surface area contributed by atoms with Gasteiger partial charge in [0.2, 0.25) is 0 Å². The van der Waals surface area contributed by atoms with Crippen molar-refractivity contribution in [1.29, 1.82) is 0 Å². The van der Waals surface area contributed by atoms with Crippen LogP contribution in [-0.4, -0.2) is 35.0 Å². The first-order valence-corrected chi connectivity index (χ1v) is 8.71. The van der Waals surface area contributed by atoms with Crippen LogP contribution in [-0.2, 0) is 6.54 Å². The van der Waals surface area contributed by atoms with Crippen molar-refractivity contribution in [2.45, 2.75) is 32.4 Å². The van der Waals surface area contributed by atoms with E-state index in [1.807, 2.05) is 29.2 Å². The highest BCUT2D eigenvalue weighted by atomic mass is 32.1. The van der Waals surface area contributed by atoms with E-state index in [0.29, 0.717) is 25.3 Å². The van der Waals surface area contributed by atoms with Crippen LogP contribution in [0.3, 0.4) is 0 Å². The molecule has 0 atom stereocenters. The first kappa shape index (κ1) is 16.0. The summed E-state index contributed by atoms with van der Waals surface area (Å²) < 4.78 is 6.00. The molecule has 1 saturated heterocycles. The van der Waals surface area contributed by atoms with Crippen LogP contribution in [0.25, 0.3) is 0 Å². The maximum atomic E-state index is 12.4. The zero-order chi connectivity index (χ0) is 16.2. The molecule has 1 aromatic heterocycles. The van der Waals surface area contributed by atoms with Crippen LogP contribution in [0.2, 0.25) is 0 Å². The molecular weight excluding hydrogens is 310 g/mol. The Hall–Kier alpha value is -1.92. The van der Waals surface area contributed by atoms with Gasteiger partial charge in [0.05, 0.1) is 0 Å². The molecule has 0 radical (unpaired) electrons. The summed E-state index contributed by atoms with van der Waals surface area (Å²) >= 11 is 1.44. The van der Waals surface area contributed by atoms with Crippen LogP contribution in [0, 0.1) is 6.92 Å². The monoisotopic (exact) mass is 331 g/mol. The third-order valence-electron chi connectivity index (χ3n) is 4.00. The normalized spacial score (nSPS) is 15.7. The van der Waals surface area contributed by atoms with E-state index in [1.54, 1.807) is 5.38 Å². The number of thiazole rings is 1. The number of nitrogens with two attached hydrogens (primary N) is 1. The number of carbonyl (C=O) groups excluding carboxylic acids is 1. The Kier molecular flexibility index (Phi) is 4.93. The summed E-state index contributed by atoms with van der Waals surface area (Å²) in [5, 5.41) is 2.59. The number of benzene rings is 1. The number of nitrogens with zero attached hydrogens (tertiary/aromatic N) is 2. The second kappa shape index (κ2) is 7.10. The largest absolute Gasteiger partial charge is 0.490 e. The summed E-state index contributed by atoms with van der Waals surface area (Å²) in [6.07, 6.45) is 1.85. The molecule has 5 nitrogen and oxygen atoms in total. The molecule has 1 aliphatic rings. The average molecular weight is 331 g/mol. The van der Waals surface area contributed by atoms with Crippen molar-refractivity contribution in [1.82, 2.24) is 9.88 Å². The quantitative estimate of drug-likeness (QED) is 0.935. The minimum absolute atomic E-state index is 0.00487. The Morgan fingerprint density at radius 1 is 1.35 bits per heavy atom. The van der Waals surface area contributed by atoms with Crippen molar-refractivity contribution >= 4 is 17.2 Å². The van der Waals surface area contributed by atoms with Crippen molar-refractivity contribution in [2.75, 3.05) is 13.1 Å². The highest BCUT2D eigenvalue weighted by molar-refractivity contribution is 7.09. The van der Waals surface area contributed by atoms with Crippen molar-refractivity contribution in [2.24, 2.45) is 5.73 Å². The lowest BCUT2D eigenvalue weighted by molar-refractivity contribution is 0.0590. The van der Waals surface area contributed by atoms with Gasteiger partial charge in [0.25, 0.3) is 5.91 Å². The van der Waals surface area contributed by atoms with Gasteiger partial charge in [-0.2, -0.15) is 0 Å². The SMILES string of the molecule is Cc1ccc(OC2CCN(C(=O)c3csc(CN)n3)CC2)cc1. The van der Waals surface area contributed by atoms with E-state index in [-0.39, 0.29) is 12.0 Å². The molecule has 1 amide bonds. The molecule has 1 fully saturated rings. The van der Waals surface area contributed by atoms with Crippen molar-refractivity contribution in [3.8, 4) is 5.75 Å². The fourth-order valence-electron chi connectivity index (χ4n) is 2.65. The second-order valence-corrected chi connectivity index (χ2v) is 6.70. The molecule has 0 aliphatic carbocycles. The number of rotatable bonds is 4. The van der Waals surface area contributed by atoms with Gasteiger partial charge in [-0.3, -0.25) is 4.79 Å². The number of carbonyl (C=O) groups is 1.